The van der Waals surface area contributed by atoms with Gasteiger partial charge in [-0.15, -0.1) is 0 Å². The van der Waals surface area contributed by atoms with Crippen molar-refractivity contribution in [1.82, 2.24) is 0 Å². The third-order valence-corrected chi connectivity index (χ3v) is 5.88. The number of carbonyl (C=O) groups is 2. The summed E-state index contributed by atoms with van der Waals surface area (Å²) in [5.41, 5.74) is 1.57. The lowest BCUT2D eigenvalue weighted by atomic mass is 9.70. The predicted molar refractivity (Wildman–Crippen MR) is 89.1 cm³/mol. The number of anilines is 1. The van der Waals surface area contributed by atoms with Crippen LogP contribution in [0.25, 0.3) is 0 Å². The number of rotatable bonds is 3. The van der Waals surface area contributed by atoms with Gasteiger partial charge in [0.25, 0.3) is 0 Å². The SMILES string of the molecule is CC(=O)Oc1ccc(NC=C2C(=O)C3(C)CCC2C3(C)C)cc1. The van der Waals surface area contributed by atoms with Crippen LogP contribution >= 0.6 is 0 Å². The van der Waals surface area contributed by atoms with Crippen molar-refractivity contribution in [2.24, 2.45) is 16.7 Å². The van der Waals surface area contributed by atoms with Crippen LogP contribution < -0.4 is 10.1 Å². The summed E-state index contributed by atoms with van der Waals surface area (Å²) in [5.74, 6) is 0.784. The van der Waals surface area contributed by atoms with Crippen molar-refractivity contribution in [3.8, 4) is 5.75 Å². The van der Waals surface area contributed by atoms with Crippen LogP contribution in [0, 0.1) is 16.7 Å². The Hall–Kier alpha value is -2.10. The molecule has 2 unspecified atom stereocenters. The Morgan fingerprint density at radius 3 is 2.43 bits per heavy atom. The zero-order valence-electron chi connectivity index (χ0n) is 14.1. The molecular weight excluding hydrogens is 290 g/mol. The quantitative estimate of drug-likeness (QED) is 0.522. The van der Waals surface area contributed by atoms with Gasteiger partial charge in [-0.3, -0.25) is 9.59 Å². The van der Waals surface area contributed by atoms with Gasteiger partial charge in [-0.1, -0.05) is 20.8 Å². The van der Waals surface area contributed by atoms with Crippen LogP contribution in [-0.2, 0) is 9.59 Å². The number of carbonyl (C=O) groups excluding carboxylic acids is 2. The number of hydrogen-bond acceptors (Lipinski definition) is 4. The molecule has 2 atom stereocenters. The molecule has 4 heteroatoms. The van der Waals surface area contributed by atoms with Crippen LogP contribution in [0.5, 0.6) is 5.75 Å². The second-order valence-electron chi connectivity index (χ2n) is 7.34. The summed E-state index contributed by atoms with van der Waals surface area (Å²) in [7, 11) is 0. The smallest absolute Gasteiger partial charge is 0.308 e. The molecule has 0 spiro atoms. The van der Waals surface area contributed by atoms with Crippen LogP contribution in [-0.4, -0.2) is 11.8 Å². The summed E-state index contributed by atoms with van der Waals surface area (Å²) in [6, 6.07) is 7.13. The summed E-state index contributed by atoms with van der Waals surface area (Å²) in [4.78, 5) is 23.6. The Labute approximate surface area is 136 Å². The normalized spacial score (nSPS) is 29.8. The first-order valence-corrected chi connectivity index (χ1v) is 8.05. The van der Waals surface area contributed by atoms with Crippen molar-refractivity contribution in [3.63, 3.8) is 0 Å². The van der Waals surface area contributed by atoms with Gasteiger partial charge in [0.15, 0.2) is 5.78 Å². The number of ketones is 1. The molecule has 2 aliphatic rings. The van der Waals surface area contributed by atoms with E-state index in [1.165, 1.54) is 6.92 Å². The van der Waals surface area contributed by atoms with Crippen LogP contribution in [0.4, 0.5) is 5.69 Å². The summed E-state index contributed by atoms with van der Waals surface area (Å²) >= 11 is 0. The number of fused-ring (bicyclic) bond motifs is 2. The molecule has 4 nitrogen and oxygen atoms in total. The van der Waals surface area contributed by atoms with Crippen molar-refractivity contribution < 1.29 is 14.3 Å². The Morgan fingerprint density at radius 2 is 1.91 bits per heavy atom. The van der Waals surface area contributed by atoms with E-state index in [0.29, 0.717) is 11.7 Å². The standard InChI is InChI=1S/C19H23NO3/c1-12(21)23-14-7-5-13(6-8-14)20-11-15-16-9-10-19(4,17(15)22)18(16,2)3/h5-8,11,16,20H,9-10H2,1-4H3. The van der Waals surface area contributed by atoms with Crippen molar-refractivity contribution >= 4 is 17.4 Å². The molecule has 23 heavy (non-hydrogen) atoms. The minimum Gasteiger partial charge on any atom is -0.427 e. The molecule has 0 radical (unpaired) electrons. The van der Waals surface area contributed by atoms with Gasteiger partial charge in [0.2, 0.25) is 0 Å². The highest BCUT2D eigenvalue weighted by Gasteiger charge is 2.63. The lowest BCUT2D eigenvalue weighted by Gasteiger charge is -2.31. The van der Waals surface area contributed by atoms with Crippen molar-refractivity contribution in [1.29, 1.82) is 0 Å². The number of benzene rings is 1. The number of Topliss-reactive ketones (excluding diaryl/α,β-unsaturated/α-hetero) is 1. The molecule has 3 rings (SSSR count). The van der Waals surface area contributed by atoms with E-state index in [1.807, 2.05) is 18.3 Å². The average Bonchev–Trinajstić information content (AvgIpc) is 2.79. The van der Waals surface area contributed by atoms with Crippen LogP contribution in [0.15, 0.2) is 36.0 Å². The highest BCUT2D eigenvalue weighted by Crippen LogP contribution is 2.65. The first-order valence-electron chi connectivity index (χ1n) is 8.05. The van der Waals surface area contributed by atoms with Crippen molar-refractivity contribution in [3.05, 3.63) is 36.0 Å². The highest BCUT2D eigenvalue weighted by atomic mass is 16.5. The van der Waals surface area contributed by atoms with E-state index < -0.39 is 0 Å². The molecule has 0 heterocycles. The summed E-state index contributed by atoms with van der Waals surface area (Å²) in [5, 5.41) is 3.21. The van der Waals surface area contributed by atoms with Gasteiger partial charge in [0.05, 0.1) is 0 Å². The van der Waals surface area contributed by atoms with E-state index in [1.54, 1.807) is 12.1 Å². The minimum atomic E-state index is -0.337. The van der Waals surface area contributed by atoms with Crippen LogP contribution in [0.2, 0.25) is 0 Å². The molecule has 2 aliphatic carbocycles. The second-order valence-corrected chi connectivity index (χ2v) is 7.34. The van der Waals surface area contributed by atoms with E-state index in [2.05, 4.69) is 26.1 Å². The third-order valence-electron chi connectivity index (χ3n) is 5.88. The topological polar surface area (TPSA) is 55.4 Å². The Bertz CT molecular complexity index is 687. The monoisotopic (exact) mass is 313 g/mol. The number of allylic oxidation sites excluding steroid dienone is 1. The number of esters is 1. The number of nitrogens with one attached hydrogen (secondary N) is 1. The zero-order valence-corrected chi connectivity index (χ0v) is 14.1. The third kappa shape index (κ3) is 2.37. The van der Waals surface area contributed by atoms with Gasteiger partial charge in [-0.2, -0.15) is 0 Å². The maximum absolute atomic E-state index is 12.7. The summed E-state index contributed by atoms with van der Waals surface area (Å²) in [6.45, 7) is 7.89. The fraction of sp³-hybridized carbons (Fsp3) is 0.474. The molecule has 122 valence electrons. The van der Waals surface area contributed by atoms with E-state index in [9.17, 15) is 9.59 Å². The van der Waals surface area contributed by atoms with E-state index >= 15 is 0 Å². The van der Waals surface area contributed by atoms with Gasteiger partial charge in [-0.25, -0.2) is 0 Å². The first kappa shape index (κ1) is 15.8. The zero-order chi connectivity index (χ0) is 16.8. The fourth-order valence-corrected chi connectivity index (χ4v) is 4.04. The molecule has 2 saturated carbocycles. The Balaban J connectivity index is 1.76. The maximum Gasteiger partial charge on any atom is 0.308 e. The van der Waals surface area contributed by atoms with E-state index in [0.717, 1.165) is 24.1 Å². The lowest BCUT2D eigenvalue weighted by molar-refractivity contribution is -0.132. The van der Waals surface area contributed by atoms with Gasteiger partial charge in [0.1, 0.15) is 5.75 Å². The van der Waals surface area contributed by atoms with Gasteiger partial charge in [-0.05, 0) is 48.4 Å². The summed E-state index contributed by atoms with van der Waals surface area (Å²) < 4.78 is 5.01. The molecule has 2 fully saturated rings. The van der Waals surface area contributed by atoms with Crippen molar-refractivity contribution in [2.45, 2.75) is 40.5 Å². The lowest BCUT2D eigenvalue weighted by Crippen LogP contribution is -2.32. The van der Waals surface area contributed by atoms with Crippen LogP contribution in [0.3, 0.4) is 0 Å². The maximum atomic E-state index is 12.7. The first-order chi connectivity index (χ1) is 10.8. The van der Waals surface area contributed by atoms with Gasteiger partial charge < -0.3 is 10.1 Å². The Morgan fingerprint density at radius 1 is 1.26 bits per heavy atom. The average molecular weight is 313 g/mol. The molecule has 0 amide bonds. The molecule has 0 aromatic heterocycles. The Kier molecular flexibility index (Phi) is 3.58. The minimum absolute atomic E-state index is 0.0246. The molecule has 0 saturated heterocycles. The molecule has 1 N–H and O–H groups in total. The van der Waals surface area contributed by atoms with Gasteiger partial charge in [0, 0.05) is 29.8 Å². The number of ether oxygens (including phenoxy) is 1. The number of hydrogen-bond donors (Lipinski definition) is 1. The predicted octanol–water partition coefficient (Wildman–Crippen LogP) is 3.93. The largest absolute Gasteiger partial charge is 0.427 e. The molecule has 0 aliphatic heterocycles. The van der Waals surface area contributed by atoms with Gasteiger partial charge >= 0.3 is 5.97 Å². The van der Waals surface area contributed by atoms with E-state index in [4.69, 9.17) is 4.74 Å². The molecule has 1 aromatic rings. The molecule has 2 bridgehead atoms. The van der Waals surface area contributed by atoms with Crippen LogP contribution in [0.1, 0.15) is 40.5 Å². The highest BCUT2D eigenvalue weighted by molar-refractivity contribution is 6.04. The summed E-state index contributed by atoms with van der Waals surface area (Å²) in [6.07, 6.45) is 3.92. The van der Waals surface area contributed by atoms with Crippen molar-refractivity contribution in [2.75, 3.05) is 5.32 Å². The molecular formula is C19H23NO3. The fourth-order valence-electron chi connectivity index (χ4n) is 4.04. The second kappa shape index (κ2) is 5.22. The van der Waals surface area contributed by atoms with E-state index in [-0.39, 0.29) is 22.6 Å². The molecule has 1 aromatic carbocycles.